The Morgan fingerprint density at radius 2 is 2.00 bits per heavy atom. The van der Waals surface area contributed by atoms with Gasteiger partial charge in [0, 0.05) is 0 Å². The highest BCUT2D eigenvalue weighted by Gasteiger charge is 2.25. The lowest BCUT2D eigenvalue weighted by atomic mass is 10.5. The van der Waals surface area contributed by atoms with Crippen LogP contribution in [0.15, 0.2) is 26.3 Å². The van der Waals surface area contributed by atoms with Crippen molar-refractivity contribution in [3.05, 3.63) is 22.6 Å². The van der Waals surface area contributed by atoms with E-state index in [-0.39, 0.29) is 27.6 Å². The van der Waals surface area contributed by atoms with E-state index >= 15 is 0 Å². The summed E-state index contributed by atoms with van der Waals surface area (Å²) in [5.41, 5.74) is -0.165. The zero-order valence-electron chi connectivity index (χ0n) is 9.28. The van der Waals surface area contributed by atoms with Gasteiger partial charge in [-0.3, -0.25) is 4.84 Å². The Morgan fingerprint density at radius 3 is 2.61 bits per heavy atom. The smallest absolute Gasteiger partial charge is 0.300 e. The third kappa shape index (κ3) is 2.04. The molecule has 0 unspecified atom stereocenters. The molecule has 2 aromatic heterocycles. The molecule has 0 aliphatic heterocycles. The van der Waals surface area contributed by atoms with Gasteiger partial charge in [0.2, 0.25) is 11.3 Å². The Bertz CT molecular complexity index is 681. The summed E-state index contributed by atoms with van der Waals surface area (Å²) in [4.78, 5) is 14.3. The van der Waals surface area contributed by atoms with Crippen LogP contribution in [-0.4, -0.2) is 19.3 Å². The second kappa shape index (κ2) is 4.33. The van der Waals surface area contributed by atoms with Crippen molar-refractivity contribution in [1.29, 1.82) is 0 Å². The maximum Gasteiger partial charge on any atom is 0.300 e. The van der Waals surface area contributed by atoms with Gasteiger partial charge < -0.3 is 8.83 Å². The van der Waals surface area contributed by atoms with E-state index in [4.69, 9.17) is 8.83 Å². The monoisotopic (exact) mass is 275 g/mol. The quantitative estimate of drug-likeness (QED) is 0.603. The van der Waals surface area contributed by atoms with Crippen molar-refractivity contribution in [3.63, 3.8) is 0 Å². The third-order valence-corrected chi connectivity index (χ3v) is 4.10. The van der Waals surface area contributed by atoms with Crippen LogP contribution in [-0.2, 0) is 9.84 Å². The molecule has 0 spiro atoms. The molecule has 18 heavy (non-hydrogen) atoms. The molecule has 2 rings (SSSR count). The molecule has 0 radical (unpaired) electrons. The molecule has 0 fully saturated rings. The minimum atomic E-state index is -3.52. The maximum atomic E-state index is 11.8. The van der Waals surface area contributed by atoms with E-state index in [2.05, 4.69) is 4.84 Å². The molecule has 0 bridgehead atoms. The molecule has 0 atom stereocenters. The van der Waals surface area contributed by atoms with E-state index in [0.29, 0.717) is 6.42 Å². The average Bonchev–Trinajstić information content (AvgIpc) is 2.80. The Morgan fingerprint density at radius 1 is 1.33 bits per heavy atom. The van der Waals surface area contributed by atoms with Gasteiger partial charge in [-0.05, 0) is 6.42 Å². The molecule has 9 heteroatoms. The Labute approximate surface area is 101 Å². The Balaban J connectivity index is 2.50. The molecule has 0 aliphatic rings. The van der Waals surface area contributed by atoms with E-state index in [1.165, 1.54) is 0 Å². The Kier molecular flexibility index (Phi) is 2.99. The van der Waals surface area contributed by atoms with Gasteiger partial charge in [0.05, 0.1) is 5.75 Å². The highest BCUT2D eigenvalue weighted by molar-refractivity contribution is 7.91. The summed E-state index contributed by atoms with van der Waals surface area (Å²) in [5.74, 6) is -0.332. The fourth-order valence-corrected chi connectivity index (χ4v) is 2.89. The number of hydrogen-bond acceptors (Lipinski definition) is 7. The largest absolute Gasteiger partial charge is 0.457 e. The number of hydrogen-bond donors (Lipinski definition) is 0. The first-order chi connectivity index (χ1) is 8.45. The molecule has 0 saturated heterocycles. The van der Waals surface area contributed by atoms with Crippen LogP contribution < -0.4 is 4.84 Å². The van der Waals surface area contributed by atoms with Crippen LogP contribution in [0.4, 0.5) is 0 Å². The summed E-state index contributed by atoms with van der Waals surface area (Å²) in [6.07, 6.45) is 2.36. The SMILES string of the molecule is CCCS(=O)(=O)c1coc2c(O[N+](=O)[O-])coc12. The van der Waals surface area contributed by atoms with Gasteiger partial charge in [0.15, 0.2) is 15.4 Å². The number of furan rings is 2. The normalized spacial score (nSPS) is 11.8. The van der Waals surface area contributed by atoms with Crippen LogP contribution in [0.1, 0.15) is 13.3 Å². The summed E-state index contributed by atoms with van der Waals surface area (Å²) >= 11 is 0. The van der Waals surface area contributed by atoms with E-state index in [9.17, 15) is 18.5 Å². The first-order valence-electron chi connectivity index (χ1n) is 4.99. The zero-order chi connectivity index (χ0) is 13.3. The van der Waals surface area contributed by atoms with Gasteiger partial charge in [-0.15, -0.1) is 10.1 Å². The van der Waals surface area contributed by atoms with Crippen LogP contribution in [0.2, 0.25) is 0 Å². The van der Waals surface area contributed by atoms with E-state index in [0.717, 1.165) is 12.5 Å². The molecule has 98 valence electrons. The molecule has 0 aromatic carbocycles. The molecule has 2 aromatic rings. The van der Waals surface area contributed by atoms with Crippen molar-refractivity contribution in [2.75, 3.05) is 5.75 Å². The molecule has 8 nitrogen and oxygen atoms in total. The first kappa shape index (κ1) is 12.4. The minimum absolute atomic E-state index is 0.0617. The second-order valence-corrected chi connectivity index (χ2v) is 5.57. The lowest BCUT2D eigenvalue weighted by Crippen LogP contribution is -2.04. The second-order valence-electron chi connectivity index (χ2n) is 3.49. The number of nitrogens with zero attached hydrogens (tertiary/aromatic N) is 1. The van der Waals surface area contributed by atoms with Gasteiger partial charge in [-0.1, -0.05) is 6.92 Å². The third-order valence-electron chi connectivity index (χ3n) is 2.20. The van der Waals surface area contributed by atoms with Crippen molar-refractivity contribution < 1.29 is 27.2 Å². The van der Waals surface area contributed by atoms with E-state index in [1.807, 2.05) is 0 Å². The first-order valence-corrected chi connectivity index (χ1v) is 6.64. The van der Waals surface area contributed by atoms with Gasteiger partial charge >= 0.3 is 0 Å². The van der Waals surface area contributed by atoms with Crippen molar-refractivity contribution in [1.82, 2.24) is 0 Å². The van der Waals surface area contributed by atoms with Crippen molar-refractivity contribution in [2.45, 2.75) is 18.2 Å². The van der Waals surface area contributed by atoms with Crippen molar-refractivity contribution in [2.24, 2.45) is 0 Å². The van der Waals surface area contributed by atoms with Gasteiger partial charge in [-0.25, -0.2) is 8.42 Å². The molecular weight excluding hydrogens is 266 g/mol. The van der Waals surface area contributed by atoms with Gasteiger partial charge in [-0.2, -0.15) is 0 Å². The van der Waals surface area contributed by atoms with Crippen LogP contribution >= 0.6 is 0 Å². The highest BCUT2D eigenvalue weighted by atomic mass is 32.2. The molecule has 2 heterocycles. The standard InChI is InChI=1S/C9H9NO7S/c1-2-3-18(13,14)7-5-16-8-6(17-10(11)12)4-15-9(7)8/h4-5H,2-3H2,1H3. The van der Waals surface area contributed by atoms with Crippen LogP contribution in [0.3, 0.4) is 0 Å². The highest BCUT2D eigenvalue weighted by Crippen LogP contribution is 2.34. The summed E-state index contributed by atoms with van der Waals surface area (Å²) in [5, 5.41) is 9.16. The number of sulfone groups is 1. The van der Waals surface area contributed by atoms with Crippen LogP contribution in [0.25, 0.3) is 11.2 Å². The number of rotatable bonds is 5. The fraction of sp³-hybridized carbons (Fsp3) is 0.333. The summed E-state index contributed by atoms with van der Waals surface area (Å²) in [7, 11) is -3.52. The Hall–Kier alpha value is -2.03. The van der Waals surface area contributed by atoms with Gasteiger partial charge in [0.25, 0.3) is 5.09 Å². The van der Waals surface area contributed by atoms with Crippen LogP contribution in [0, 0.1) is 10.1 Å². The van der Waals surface area contributed by atoms with Crippen molar-refractivity contribution in [3.8, 4) is 5.75 Å². The predicted molar refractivity (Wildman–Crippen MR) is 58.4 cm³/mol. The summed E-state index contributed by atoms with van der Waals surface area (Å²) < 4.78 is 33.6. The lowest BCUT2D eigenvalue weighted by Gasteiger charge is -1.96. The lowest BCUT2D eigenvalue weighted by molar-refractivity contribution is -0.710. The molecular formula is C9H9NO7S. The predicted octanol–water partition coefficient (Wildman–Crippen LogP) is 1.78. The number of fused-ring (bicyclic) bond motifs is 1. The van der Waals surface area contributed by atoms with E-state index in [1.54, 1.807) is 6.92 Å². The van der Waals surface area contributed by atoms with E-state index < -0.39 is 14.9 Å². The average molecular weight is 275 g/mol. The molecule has 0 amide bonds. The zero-order valence-corrected chi connectivity index (χ0v) is 10.1. The molecule has 0 N–H and O–H groups in total. The summed E-state index contributed by atoms with van der Waals surface area (Å²) in [6.45, 7) is 1.72. The van der Waals surface area contributed by atoms with Gasteiger partial charge in [0.1, 0.15) is 17.4 Å². The minimum Gasteiger partial charge on any atom is -0.457 e. The summed E-state index contributed by atoms with van der Waals surface area (Å²) in [6, 6.07) is 0. The van der Waals surface area contributed by atoms with Crippen LogP contribution in [0.5, 0.6) is 5.75 Å². The molecule has 0 saturated carbocycles. The topological polar surface area (TPSA) is 113 Å². The fourth-order valence-electron chi connectivity index (χ4n) is 1.52. The molecule has 0 aliphatic carbocycles. The van der Waals surface area contributed by atoms with Crippen molar-refractivity contribution >= 4 is 21.0 Å². The maximum absolute atomic E-state index is 11.8.